The number of aromatic amines is 1. The quantitative estimate of drug-likeness (QED) is 0.751. The second-order valence-corrected chi connectivity index (χ2v) is 7.36. The Labute approximate surface area is 120 Å². The van der Waals surface area contributed by atoms with Crippen LogP contribution in [-0.4, -0.2) is 13.4 Å². The second kappa shape index (κ2) is 4.95. The first-order valence-electron chi connectivity index (χ1n) is 5.80. The summed E-state index contributed by atoms with van der Waals surface area (Å²) in [4.78, 5) is 13.3. The minimum atomic E-state index is -3.79. The van der Waals surface area contributed by atoms with Crippen molar-refractivity contribution in [3.63, 3.8) is 0 Å². The fourth-order valence-corrected chi connectivity index (χ4v) is 4.24. The highest BCUT2D eigenvalue weighted by Gasteiger charge is 2.21. The van der Waals surface area contributed by atoms with Gasteiger partial charge in [0.05, 0.1) is 5.69 Å². The van der Waals surface area contributed by atoms with E-state index in [0.717, 1.165) is 5.56 Å². The third-order valence-corrected chi connectivity index (χ3v) is 5.97. The lowest BCUT2D eigenvalue weighted by atomic mass is 10.1. The molecule has 2 aromatic rings. The maximum atomic E-state index is 12.3. The van der Waals surface area contributed by atoms with Gasteiger partial charge in [0, 0.05) is 11.4 Å². The smallest absolute Gasteiger partial charge is 0.306 e. The summed E-state index contributed by atoms with van der Waals surface area (Å²) in [5.41, 5.74) is 8.71. The van der Waals surface area contributed by atoms with Crippen LogP contribution in [0, 0.1) is 20.8 Å². The minimum absolute atomic E-state index is 0.0129. The molecule has 0 fully saturated rings. The molecule has 6 nitrogen and oxygen atoms in total. The van der Waals surface area contributed by atoms with Crippen molar-refractivity contribution in [2.45, 2.75) is 25.0 Å². The van der Waals surface area contributed by atoms with Gasteiger partial charge in [0.15, 0.2) is 4.21 Å². The molecule has 0 saturated heterocycles. The van der Waals surface area contributed by atoms with Crippen molar-refractivity contribution in [2.24, 2.45) is 0 Å². The maximum Gasteiger partial charge on any atom is 0.306 e. The van der Waals surface area contributed by atoms with Gasteiger partial charge in [-0.25, -0.2) is 8.42 Å². The van der Waals surface area contributed by atoms with E-state index in [-0.39, 0.29) is 4.21 Å². The molecule has 0 radical (unpaired) electrons. The SMILES string of the molecule is Cc1ccc(NS(=O)(=O)c2sc(=O)[nH]c2C)c(C)c1N. The molecule has 0 unspecified atom stereocenters. The number of benzene rings is 1. The fourth-order valence-electron chi connectivity index (χ4n) is 1.81. The molecular formula is C12H15N3O3S2. The molecule has 20 heavy (non-hydrogen) atoms. The molecule has 108 valence electrons. The van der Waals surface area contributed by atoms with Crippen molar-refractivity contribution in [1.82, 2.24) is 4.98 Å². The van der Waals surface area contributed by atoms with E-state index in [2.05, 4.69) is 9.71 Å². The number of sulfonamides is 1. The van der Waals surface area contributed by atoms with Gasteiger partial charge in [-0.1, -0.05) is 17.4 Å². The van der Waals surface area contributed by atoms with E-state index in [1.165, 1.54) is 0 Å². The Bertz CT molecular complexity index is 819. The molecule has 1 aromatic heterocycles. The van der Waals surface area contributed by atoms with Gasteiger partial charge in [0.2, 0.25) is 0 Å². The fraction of sp³-hybridized carbons (Fsp3) is 0.250. The van der Waals surface area contributed by atoms with Crippen LogP contribution in [-0.2, 0) is 10.0 Å². The number of nitrogens with two attached hydrogens (primary N) is 1. The topological polar surface area (TPSA) is 105 Å². The number of anilines is 2. The summed E-state index contributed by atoms with van der Waals surface area (Å²) in [7, 11) is -3.79. The molecule has 0 amide bonds. The summed E-state index contributed by atoms with van der Waals surface area (Å²) in [6, 6.07) is 3.40. The van der Waals surface area contributed by atoms with Gasteiger partial charge >= 0.3 is 4.87 Å². The zero-order valence-corrected chi connectivity index (χ0v) is 12.9. The van der Waals surface area contributed by atoms with Gasteiger partial charge in [-0.2, -0.15) is 0 Å². The Morgan fingerprint density at radius 3 is 2.45 bits per heavy atom. The largest absolute Gasteiger partial charge is 0.398 e. The molecule has 0 atom stereocenters. The summed E-state index contributed by atoms with van der Waals surface area (Å²) in [6.45, 7) is 5.14. The van der Waals surface area contributed by atoms with Crippen LogP contribution in [0.5, 0.6) is 0 Å². The second-order valence-electron chi connectivity index (χ2n) is 4.50. The van der Waals surface area contributed by atoms with Gasteiger partial charge in [-0.15, -0.1) is 0 Å². The van der Waals surface area contributed by atoms with E-state index < -0.39 is 14.9 Å². The molecule has 8 heteroatoms. The molecule has 4 N–H and O–H groups in total. The van der Waals surface area contributed by atoms with Crippen LogP contribution in [0.25, 0.3) is 0 Å². The molecule has 0 spiro atoms. The number of nitrogen functional groups attached to an aromatic ring is 1. The van der Waals surface area contributed by atoms with Gasteiger partial charge in [0.25, 0.3) is 10.0 Å². The first kappa shape index (κ1) is 14.6. The van der Waals surface area contributed by atoms with E-state index in [4.69, 9.17) is 5.73 Å². The summed E-state index contributed by atoms with van der Waals surface area (Å²) >= 11 is 0.661. The lowest BCUT2D eigenvalue weighted by molar-refractivity contribution is 0.602. The highest BCUT2D eigenvalue weighted by atomic mass is 32.2. The lowest BCUT2D eigenvalue weighted by Crippen LogP contribution is -2.14. The first-order valence-corrected chi connectivity index (χ1v) is 8.10. The van der Waals surface area contributed by atoms with Gasteiger partial charge < -0.3 is 10.7 Å². The highest BCUT2D eigenvalue weighted by Crippen LogP contribution is 2.27. The van der Waals surface area contributed by atoms with Crippen LogP contribution >= 0.6 is 11.3 Å². The van der Waals surface area contributed by atoms with Crippen molar-refractivity contribution < 1.29 is 8.42 Å². The maximum absolute atomic E-state index is 12.3. The number of nitrogens with one attached hydrogen (secondary N) is 2. The van der Waals surface area contributed by atoms with Crippen LogP contribution in [0.4, 0.5) is 11.4 Å². The van der Waals surface area contributed by atoms with E-state index in [1.54, 1.807) is 26.0 Å². The summed E-state index contributed by atoms with van der Waals surface area (Å²) in [5, 5.41) is 0. The van der Waals surface area contributed by atoms with Crippen LogP contribution in [0.15, 0.2) is 21.1 Å². The number of aromatic nitrogens is 1. The number of hydrogen-bond donors (Lipinski definition) is 3. The minimum Gasteiger partial charge on any atom is -0.398 e. The number of H-pyrrole nitrogens is 1. The third-order valence-electron chi connectivity index (χ3n) is 3.00. The molecule has 0 saturated carbocycles. The van der Waals surface area contributed by atoms with Gasteiger partial charge in [-0.05, 0) is 38.0 Å². The predicted molar refractivity (Wildman–Crippen MR) is 80.8 cm³/mol. The summed E-state index contributed by atoms with van der Waals surface area (Å²) < 4.78 is 27.0. The van der Waals surface area contributed by atoms with E-state index >= 15 is 0 Å². The van der Waals surface area contributed by atoms with E-state index in [0.29, 0.717) is 34.0 Å². The van der Waals surface area contributed by atoms with Crippen LogP contribution in [0.1, 0.15) is 16.8 Å². The van der Waals surface area contributed by atoms with E-state index in [9.17, 15) is 13.2 Å². The Balaban J connectivity index is 2.46. The van der Waals surface area contributed by atoms with Gasteiger partial charge in [-0.3, -0.25) is 9.52 Å². The molecule has 0 bridgehead atoms. The zero-order valence-electron chi connectivity index (χ0n) is 11.3. The average Bonchev–Trinajstić information content (AvgIpc) is 2.70. The van der Waals surface area contributed by atoms with Crippen molar-refractivity contribution in [3.8, 4) is 0 Å². The van der Waals surface area contributed by atoms with Crippen LogP contribution in [0.2, 0.25) is 0 Å². The van der Waals surface area contributed by atoms with Crippen molar-refractivity contribution in [3.05, 3.63) is 38.6 Å². The number of hydrogen-bond acceptors (Lipinski definition) is 5. The molecule has 0 aliphatic heterocycles. The van der Waals surface area contributed by atoms with E-state index in [1.807, 2.05) is 6.92 Å². The summed E-state index contributed by atoms with van der Waals surface area (Å²) in [5.74, 6) is 0. The first-order chi connectivity index (χ1) is 9.22. The van der Waals surface area contributed by atoms with Crippen molar-refractivity contribution in [1.29, 1.82) is 0 Å². The van der Waals surface area contributed by atoms with Crippen LogP contribution < -0.4 is 15.3 Å². The Hall–Kier alpha value is -1.80. The van der Waals surface area contributed by atoms with Crippen LogP contribution in [0.3, 0.4) is 0 Å². The molecule has 0 aliphatic rings. The Morgan fingerprint density at radius 2 is 1.90 bits per heavy atom. The van der Waals surface area contributed by atoms with Gasteiger partial charge in [0.1, 0.15) is 0 Å². The number of thiazole rings is 1. The highest BCUT2D eigenvalue weighted by molar-refractivity contribution is 7.94. The Morgan fingerprint density at radius 1 is 1.25 bits per heavy atom. The predicted octanol–water partition coefficient (Wildman–Crippen LogP) is 1.74. The number of rotatable bonds is 3. The zero-order chi connectivity index (χ0) is 15.1. The summed E-state index contributed by atoms with van der Waals surface area (Å²) in [6.07, 6.45) is 0. The standard InChI is InChI=1S/C12H15N3O3S2/c1-6-4-5-9(7(2)10(6)13)15-20(17,18)11-8(3)14-12(16)19-11/h4-5,15H,13H2,1-3H3,(H,14,16). The monoisotopic (exact) mass is 313 g/mol. The normalized spacial score (nSPS) is 11.6. The molecule has 0 aliphatic carbocycles. The molecular weight excluding hydrogens is 298 g/mol. The molecule has 1 heterocycles. The van der Waals surface area contributed by atoms with Crippen molar-refractivity contribution in [2.75, 3.05) is 10.5 Å². The molecule has 1 aromatic carbocycles. The lowest BCUT2D eigenvalue weighted by Gasteiger charge is -2.13. The number of aryl methyl sites for hydroxylation is 2. The molecule has 2 rings (SSSR count). The Kier molecular flexibility index (Phi) is 3.61. The van der Waals surface area contributed by atoms with Crippen molar-refractivity contribution >= 4 is 32.7 Å². The average molecular weight is 313 g/mol. The third kappa shape index (κ3) is 2.56.